The molecule has 2 N–H and O–H groups in total. The first-order chi connectivity index (χ1) is 11.6. The summed E-state index contributed by atoms with van der Waals surface area (Å²) in [6.07, 6.45) is -0.139. The number of amides is 1. The summed E-state index contributed by atoms with van der Waals surface area (Å²) in [5.74, 6) is 0.0893. The number of aliphatic hydroxyl groups excluding tert-OH is 1. The van der Waals surface area contributed by atoms with Crippen molar-refractivity contribution in [1.82, 2.24) is 5.32 Å². The number of rotatable bonds is 5. The summed E-state index contributed by atoms with van der Waals surface area (Å²) in [7, 11) is 0. The molecule has 4 nitrogen and oxygen atoms in total. The van der Waals surface area contributed by atoms with Gasteiger partial charge in [0.15, 0.2) is 5.76 Å². The van der Waals surface area contributed by atoms with Gasteiger partial charge in [0, 0.05) is 17.5 Å². The molecule has 0 bridgehead atoms. The van der Waals surface area contributed by atoms with E-state index >= 15 is 0 Å². The first kappa shape index (κ1) is 16.3. The topological polar surface area (TPSA) is 62.5 Å². The van der Waals surface area contributed by atoms with Gasteiger partial charge in [0.2, 0.25) is 0 Å². The Bertz CT molecular complexity index is 852. The predicted molar refractivity (Wildman–Crippen MR) is 94.0 cm³/mol. The fourth-order valence-corrected chi connectivity index (χ4v) is 2.80. The highest BCUT2D eigenvalue weighted by Crippen LogP contribution is 2.26. The molecule has 0 aliphatic rings. The van der Waals surface area contributed by atoms with Gasteiger partial charge in [-0.25, -0.2) is 0 Å². The molecule has 1 atom stereocenters. The van der Waals surface area contributed by atoms with E-state index < -0.39 is 6.10 Å². The van der Waals surface area contributed by atoms with E-state index in [1.54, 1.807) is 0 Å². The minimum atomic E-state index is -0.592. The van der Waals surface area contributed by atoms with Crippen LogP contribution in [0.4, 0.5) is 0 Å². The molecule has 3 aromatic rings. The Balaban J connectivity index is 1.64. The number of benzene rings is 2. The van der Waals surface area contributed by atoms with Gasteiger partial charge in [-0.05, 0) is 38.0 Å². The van der Waals surface area contributed by atoms with Crippen LogP contribution < -0.4 is 5.32 Å². The fourth-order valence-electron chi connectivity index (χ4n) is 2.80. The van der Waals surface area contributed by atoms with E-state index in [-0.39, 0.29) is 5.91 Å². The van der Waals surface area contributed by atoms with E-state index in [0.29, 0.717) is 24.3 Å². The molecular formula is C20H21NO3. The van der Waals surface area contributed by atoms with E-state index in [4.69, 9.17) is 4.42 Å². The molecule has 4 heteroatoms. The normalized spacial score (nSPS) is 12.3. The van der Waals surface area contributed by atoms with Gasteiger partial charge < -0.3 is 14.8 Å². The van der Waals surface area contributed by atoms with Crippen molar-refractivity contribution < 1.29 is 14.3 Å². The molecule has 0 aliphatic heterocycles. The lowest BCUT2D eigenvalue weighted by Gasteiger charge is -2.11. The third-order valence-electron chi connectivity index (χ3n) is 4.19. The van der Waals surface area contributed by atoms with E-state index in [9.17, 15) is 9.90 Å². The summed E-state index contributed by atoms with van der Waals surface area (Å²) in [5.41, 5.74) is 3.54. The summed E-state index contributed by atoms with van der Waals surface area (Å²) in [4.78, 5) is 12.4. The lowest BCUT2D eigenvalue weighted by molar-refractivity contribution is 0.0916. The zero-order valence-corrected chi connectivity index (χ0v) is 13.9. The quantitative estimate of drug-likeness (QED) is 0.748. The molecule has 0 saturated heterocycles. The highest BCUT2D eigenvalue weighted by atomic mass is 16.3. The van der Waals surface area contributed by atoms with Crippen molar-refractivity contribution >= 4 is 16.9 Å². The van der Waals surface area contributed by atoms with Crippen LogP contribution in [0.5, 0.6) is 0 Å². The van der Waals surface area contributed by atoms with E-state index in [2.05, 4.69) is 5.32 Å². The Morgan fingerprint density at radius 2 is 1.92 bits per heavy atom. The number of aliphatic hydroxyl groups is 1. The summed E-state index contributed by atoms with van der Waals surface area (Å²) < 4.78 is 5.68. The maximum atomic E-state index is 12.4. The molecule has 1 aromatic heterocycles. The zero-order valence-electron chi connectivity index (χ0n) is 13.9. The molecule has 0 aliphatic carbocycles. The minimum absolute atomic E-state index is 0.249. The Hall–Kier alpha value is -2.59. The lowest BCUT2D eigenvalue weighted by Crippen LogP contribution is -2.25. The van der Waals surface area contributed by atoms with Crippen LogP contribution in [0.25, 0.3) is 11.0 Å². The van der Waals surface area contributed by atoms with Crippen LogP contribution in [0.3, 0.4) is 0 Å². The number of fused-ring (bicyclic) bond motifs is 1. The molecule has 1 amide bonds. The monoisotopic (exact) mass is 323 g/mol. The Kier molecular flexibility index (Phi) is 4.67. The number of carbonyl (C=O) groups is 1. The highest BCUT2D eigenvalue weighted by Gasteiger charge is 2.17. The number of hydrogen-bond donors (Lipinski definition) is 2. The number of hydrogen-bond acceptors (Lipinski definition) is 3. The summed E-state index contributed by atoms with van der Waals surface area (Å²) >= 11 is 0. The molecule has 1 heterocycles. The van der Waals surface area contributed by atoms with Crippen molar-refractivity contribution in [2.75, 3.05) is 6.54 Å². The standard InChI is InChI=1S/C20H21NO3/c1-13-8-9-18-16(12-13)14(2)19(24-18)20(23)21-11-10-17(22)15-6-4-3-5-7-15/h3-9,12,17,22H,10-11H2,1-2H3,(H,21,23)/t17-/m1/s1. The van der Waals surface area contributed by atoms with Gasteiger partial charge in [-0.3, -0.25) is 4.79 Å². The van der Waals surface area contributed by atoms with Crippen LogP contribution >= 0.6 is 0 Å². The predicted octanol–water partition coefficient (Wildman–Crippen LogP) is 3.90. The van der Waals surface area contributed by atoms with Crippen LogP contribution in [0, 0.1) is 13.8 Å². The van der Waals surface area contributed by atoms with Crippen molar-refractivity contribution in [3.8, 4) is 0 Å². The molecule has 0 unspecified atom stereocenters. The second-order valence-corrected chi connectivity index (χ2v) is 6.03. The molecule has 2 aromatic carbocycles. The Labute approximate surface area is 141 Å². The van der Waals surface area contributed by atoms with Crippen LogP contribution in [0.15, 0.2) is 52.9 Å². The molecule has 0 radical (unpaired) electrons. The maximum absolute atomic E-state index is 12.4. The van der Waals surface area contributed by atoms with Crippen LogP contribution in [0.1, 0.15) is 39.8 Å². The Morgan fingerprint density at radius 1 is 1.17 bits per heavy atom. The van der Waals surface area contributed by atoms with Crippen molar-refractivity contribution in [2.45, 2.75) is 26.4 Å². The van der Waals surface area contributed by atoms with Crippen molar-refractivity contribution in [3.05, 3.63) is 71.0 Å². The SMILES string of the molecule is Cc1ccc2oc(C(=O)NCC[C@@H](O)c3ccccc3)c(C)c2c1. The maximum Gasteiger partial charge on any atom is 0.287 e. The number of nitrogens with one attached hydrogen (secondary N) is 1. The first-order valence-corrected chi connectivity index (χ1v) is 8.07. The van der Waals surface area contributed by atoms with E-state index in [1.165, 1.54) is 0 Å². The number of aryl methyl sites for hydroxylation is 2. The van der Waals surface area contributed by atoms with Crippen LogP contribution in [-0.4, -0.2) is 17.6 Å². The summed E-state index contributed by atoms with van der Waals surface area (Å²) in [6.45, 7) is 4.28. The van der Waals surface area contributed by atoms with Crippen LogP contribution in [0.2, 0.25) is 0 Å². The first-order valence-electron chi connectivity index (χ1n) is 8.07. The van der Waals surface area contributed by atoms with Crippen molar-refractivity contribution in [2.24, 2.45) is 0 Å². The van der Waals surface area contributed by atoms with Gasteiger partial charge in [-0.15, -0.1) is 0 Å². The molecule has 24 heavy (non-hydrogen) atoms. The second kappa shape index (κ2) is 6.89. The van der Waals surface area contributed by atoms with Gasteiger partial charge in [0.25, 0.3) is 5.91 Å². The molecular weight excluding hydrogens is 302 g/mol. The minimum Gasteiger partial charge on any atom is -0.451 e. The summed E-state index contributed by atoms with van der Waals surface area (Å²) in [6, 6.07) is 15.3. The lowest BCUT2D eigenvalue weighted by atomic mass is 10.1. The smallest absolute Gasteiger partial charge is 0.287 e. The van der Waals surface area contributed by atoms with Crippen molar-refractivity contribution in [3.63, 3.8) is 0 Å². The molecule has 124 valence electrons. The second-order valence-electron chi connectivity index (χ2n) is 6.03. The Morgan fingerprint density at radius 3 is 2.67 bits per heavy atom. The van der Waals surface area contributed by atoms with E-state index in [0.717, 1.165) is 22.1 Å². The fraction of sp³-hybridized carbons (Fsp3) is 0.250. The highest BCUT2D eigenvalue weighted by molar-refractivity contribution is 5.99. The average molecular weight is 323 g/mol. The van der Waals surface area contributed by atoms with Crippen molar-refractivity contribution in [1.29, 1.82) is 0 Å². The molecule has 0 saturated carbocycles. The third-order valence-corrected chi connectivity index (χ3v) is 4.19. The van der Waals surface area contributed by atoms with Gasteiger partial charge in [0.05, 0.1) is 6.10 Å². The number of furan rings is 1. The molecule has 0 spiro atoms. The van der Waals surface area contributed by atoms with Gasteiger partial charge in [-0.2, -0.15) is 0 Å². The average Bonchev–Trinajstić information content (AvgIpc) is 2.92. The van der Waals surface area contributed by atoms with Gasteiger partial charge >= 0.3 is 0 Å². The van der Waals surface area contributed by atoms with Crippen LogP contribution in [-0.2, 0) is 0 Å². The summed E-state index contributed by atoms with van der Waals surface area (Å²) in [5, 5.41) is 13.9. The third kappa shape index (κ3) is 3.34. The number of carbonyl (C=O) groups excluding carboxylic acids is 1. The van der Waals surface area contributed by atoms with Gasteiger partial charge in [0.1, 0.15) is 5.58 Å². The molecule has 3 rings (SSSR count). The largest absolute Gasteiger partial charge is 0.451 e. The molecule has 0 fully saturated rings. The van der Waals surface area contributed by atoms with Gasteiger partial charge in [-0.1, -0.05) is 42.0 Å². The van der Waals surface area contributed by atoms with E-state index in [1.807, 2.05) is 62.4 Å². The zero-order chi connectivity index (χ0) is 17.1.